The third-order valence-electron chi connectivity index (χ3n) is 5.12. The maximum Gasteiger partial charge on any atom is 0.303 e. The molecule has 0 saturated heterocycles. The van der Waals surface area contributed by atoms with Gasteiger partial charge in [-0.05, 0) is 51.1 Å². The highest BCUT2D eigenvalue weighted by Gasteiger charge is 2.30. The summed E-state index contributed by atoms with van der Waals surface area (Å²) in [6.45, 7) is 3.30. The molecule has 1 aromatic rings. The van der Waals surface area contributed by atoms with Crippen LogP contribution < -0.4 is 16.4 Å². The van der Waals surface area contributed by atoms with Crippen LogP contribution in [0.4, 0.5) is 0 Å². The Morgan fingerprint density at radius 2 is 1.62 bits per heavy atom. The van der Waals surface area contributed by atoms with Gasteiger partial charge in [0, 0.05) is 12.3 Å². The fourth-order valence-corrected chi connectivity index (χ4v) is 3.08. The Kier molecular flexibility index (Phi) is 11.9. The summed E-state index contributed by atoms with van der Waals surface area (Å²) in [4.78, 5) is 60.6. The Labute approximate surface area is 188 Å². The summed E-state index contributed by atoms with van der Waals surface area (Å²) in [6, 6.07) is 7.15. The molecule has 9 heteroatoms. The number of carboxylic acid groups (broad SMARTS) is 1. The second-order valence-corrected chi connectivity index (χ2v) is 7.87. The van der Waals surface area contributed by atoms with Crippen LogP contribution in [0.3, 0.4) is 0 Å². The third kappa shape index (κ3) is 9.82. The van der Waals surface area contributed by atoms with Gasteiger partial charge in [0.15, 0.2) is 5.78 Å². The van der Waals surface area contributed by atoms with Crippen molar-refractivity contribution in [2.45, 2.75) is 64.5 Å². The molecule has 0 spiro atoms. The van der Waals surface area contributed by atoms with Crippen LogP contribution in [0.2, 0.25) is 0 Å². The zero-order chi connectivity index (χ0) is 24.1. The minimum Gasteiger partial charge on any atom is -0.481 e. The predicted molar refractivity (Wildman–Crippen MR) is 119 cm³/mol. The van der Waals surface area contributed by atoms with Crippen LogP contribution in [0.1, 0.15) is 51.5 Å². The molecule has 0 aliphatic rings. The average Bonchev–Trinajstić information content (AvgIpc) is 2.76. The molecular weight excluding hydrogens is 414 g/mol. The van der Waals surface area contributed by atoms with Crippen molar-refractivity contribution in [1.82, 2.24) is 10.6 Å². The van der Waals surface area contributed by atoms with Gasteiger partial charge in [0.1, 0.15) is 0 Å². The van der Waals surface area contributed by atoms with Gasteiger partial charge in [-0.1, -0.05) is 37.3 Å². The number of carbonyl (C=O) groups excluding carboxylic acids is 4. The highest BCUT2D eigenvalue weighted by Crippen LogP contribution is 2.10. The molecule has 0 radical (unpaired) electrons. The Morgan fingerprint density at radius 1 is 0.969 bits per heavy atom. The van der Waals surface area contributed by atoms with Gasteiger partial charge in [0.25, 0.3) is 5.91 Å². The number of Topliss-reactive ketones (excluding diaryl/α,β-unsaturated/α-hetero) is 2. The Balaban J connectivity index is 2.84. The van der Waals surface area contributed by atoms with Gasteiger partial charge in [-0.15, -0.1) is 0 Å². The topological polar surface area (TPSA) is 156 Å². The van der Waals surface area contributed by atoms with E-state index in [1.165, 1.54) is 6.92 Å². The van der Waals surface area contributed by atoms with E-state index >= 15 is 0 Å². The molecule has 2 amide bonds. The number of unbranched alkanes of at least 4 members (excludes halogenated alkanes) is 1. The Morgan fingerprint density at radius 3 is 2.19 bits per heavy atom. The standard InChI is InChI=1S/C23H33N3O6/c1-15(11-12-20(28)29)22(31)25-18(10-6-7-13-24)21(30)23(32)26-19(16(2)27)14-17-8-4-3-5-9-17/h3-5,8-9,15,18-19H,6-7,10-14,24H2,1-2H3,(H,25,31)(H,26,32)(H,28,29)/t15-,18-,19-/m0/s1. The second-order valence-electron chi connectivity index (χ2n) is 7.87. The summed E-state index contributed by atoms with van der Waals surface area (Å²) < 4.78 is 0. The van der Waals surface area contributed by atoms with Gasteiger partial charge in [-0.2, -0.15) is 0 Å². The minimum atomic E-state index is -1.08. The van der Waals surface area contributed by atoms with Gasteiger partial charge < -0.3 is 21.5 Å². The second kappa shape index (κ2) is 14.1. The van der Waals surface area contributed by atoms with E-state index in [9.17, 15) is 24.0 Å². The fraction of sp³-hybridized carbons (Fsp3) is 0.522. The number of ketones is 2. The normalized spacial score (nSPS) is 13.5. The molecule has 0 aliphatic carbocycles. The number of nitrogens with one attached hydrogen (secondary N) is 2. The summed E-state index contributed by atoms with van der Waals surface area (Å²) in [5, 5.41) is 13.8. The number of amides is 2. The molecule has 1 rings (SSSR count). The van der Waals surface area contributed by atoms with Crippen LogP contribution in [0.25, 0.3) is 0 Å². The van der Waals surface area contributed by atoms with Crippen LogP contribution in [0, 0.1) is 5.92 Å². The summed E-state index contributed by atoms with van der Waals surface area (Å²) in [7, 11) is 0. The van der Waals surface area contributed by atoms with Crippen LogP contribution in [-0.4, -0.2) is 53.1 Å². The first kappa shape index (κ1) is 27.0. The van der Waals surface area contributed by atoms with E-state index in [1.54, 1.807) is 6.92 Å². The number of hydrogen-bond donors (Lipinski definition) is 4. The van der Waals surface area contributed by atoms with Gasteiger partial charge in [0.2, 0.25) is 11.7 Å². The Hall–Kier alpha value is -3.07. The minimum absolute atomic E-state index is 0.112. The maximum atomic E-state index is 12.8. The zero-order valence-electron chi connectivity index (χ0n) is 18.6. The number of nitrogens with two attached hydrogens (primary N) is 1. The lowest BCUT2D eigenvalue weighted by Gasteiger charge is -2.21. The largest absolute Gasteiger partial charge is 0.481 e. The lowest BCUT2D eigenvalue weighted by molar-refractivity contribution is -0.141. The smallest absolute Gasteiger partial charge is 0.303 e. The molecule has 0 aromatic heterocycles. The maximum absolute atomic E-state index is 12.8. The van der Waals surface area contributed by atoms with Gasteiger partial charge in [0.05, 0.1) is 12.1 Å². The summed E-state index contributed by atoms with van der Waals surface area (Å²) in [5.74, 6) is -4.24. The SMILES string of the molecule is CC(=O)[C@H](Cc1ccccc1)NC(=O)C(=O)[C@H](CCCCN)NC(=O)[C@@H](C)CCC(=O)O. The molecule has 0 bridgehead atoms. The lowest BCUT2D eigenvalue weighted by atomic mass is 9.99. The molecule has 1 aromatic carbocycles. The number of hydrogen-bond acceptors (Lipinski definition) is 6. The van der Waals surface area contributed by atoms with Crippen LogP contribution >= 0.6 is 0 Å². The molecule has 0 saturated carbocycles. The first-order valence-corrected chi connectivity index (χ1v) is 10.8. The number of rotatable bonds is 15. The Bertz CT molecular complexity index is 796. The van der Waals surface area contributed by atoms with Crippen molar-refractivity contribution in [3.8, 4) is 0 Å². The van der Waals surface area contributed by atoms with Crippen molar-refractivity contribution in [3.05, 3.63) is 35.9 Å². The molecule has 5 N–H and O–H groups in total. The van der Waals surface area contributed by atoms with Crippen molar-refractivity contribution < 1.29 is 29.1 Å². The van der Waals surface area contributed by atoms with Crippen molar-refractivity contribution in [2.75, 3.05) is 6.54 Å². The number of carboxylic acids is 1. The third-order valence-corrected chi connectivity index (χ3v) is 5.12. The van der Waals surface area contributed by atoms with Crippen LogP contribution in [-0.2, 0) is 30.4 Å². The van der Waals surface area contributed by atoms with Crippen molar-refractivity contribution in [1.29, 1.82) is 0 Å². The highest BCUT2D eigenvalue weighted by atomic mass is 16.4. The van der Waals surface area contributed by atoms with Gasteiger partial charge in [-0.3, -0.25) is 24.0 Å². The van der Waals surface area contributed by atoms with Gasteiger partial charge >= 0.3 is 5.97 Å². The number of aliphatic carboxylic acids is 1. The highest BCUT2D eigenvalue weighted by molar-refractivity contribution is 6.38. The molecule has 176 valence electrons. The molecule has 32 heavy (non-hydrogen) atoms. The van der Waals surface area contributed by atoms with Crippen molar-refractivity contribution >= 4 is 29.4 Å². The fourth-order valence-electron chi connectivity index (χ4n) is 3.08. The van der Waals surface area contributed by atoms with Crippen LogP contribution in [0.5, 0.6) is 0 Å². The number of carbonyl (C=O) groups is 5. The van der Waals surface area contributed by atoms with E-state index in [-0.39, 0.29) is 31.5 Å². The molecule has 0 heterocycles. The number of benzene rings is 1. The van der Waals surface area contributed by atoms with Gasteiger partial charge in [-0.25, -0.2) is 0 Å². The van der Waals surface area contributed by atoms with E-state index in [0.29, 0.717) is 19.4 Å². The average molecular weight is 448 g/mol. The van der Waals surface area contributed by atoms with E-state index in [1.807, 2.05) is 30.3 Å². The summed E-state index contributed by atoms with van der Waals surface area (Å²) in [5.41, 5.74) is 6.33. The zero-order valence-corrected chi connectivity index (χ0v) is 18.6. The van der Waals surface area contributed by atoms with Crippen molar-refractivity contribution in [2.24, 2.45) is 11.7 Å². The van der Waals surface area contributed by atoms with Crippen LogP contribution in [0.15, 0.2) is 30.3 Å². The molecular formula is C23H33N3O6. The molecule has 0 unspecified atom stereocenters. The van der Waals surface area contributed by atoms with E-state index in [4.69, 9.17) is 10.8 Å². The monoisotopic (exact) mass is 447 g/mol. The van der Waals surface area contributed by atoms with E-state index in [0.717, 1.165) is 5.56 Å². The summed E-state index contributed by atoms with van der Waals surface area (Å²) in [6.07, 6.45) is 1.52. The lowest BCUT2D eigenvalue weighted by Crippen LogP contribution is -2.52. The predicted octanol–water partition coefficient (Wildman–Crippen LogP) is 0.987. The van der Waals surface area contributed by atoms with E-state index in [2.05, 4.69) is 10.6 Å². The van der Waals surface area contributed by atoms with Crippen molar-refractivity contribution in [3.63, 3.8) is 0 Å². The van der Waals surface area contributed by atoms with E-state index < -0.39 is 41.6 Å². The molecule has 0 aliphatic heterocycles. The first-order valence-electron chi connectivity index (χ1n) is 10.8. The quantitative estimate of drug-likeness (QED) is 0.231. The first-order chi connectivity index (χ1) is 15.1. The summed E-state index contributed by atoms with van der Waals surface area (Å²) >= 11 is 0. The molecule has 0 fully saturated rings. The molecule has 3 atom stereocenters. The molecule has 9 nitrogen and oxygen atoms in total.